The van der Waals surface area contributed by atoms with Gasteiger partial charge in [0.1, 0.15) is 11.6 Å². The lowest BCUT2D eigenvalue weighted by Gasteiger charge is -2.17. The van der Waals surface area contributed by atoms with Crippen LogP contribution in [0.15, 0.2) is 53.7 Å². The molecule has 1 saturated heterocycles. The number of thioether (sulfide) groups is 1. The molecule has 28 heavy (non-hydrogen) atoms. The second-order valence-corrected chi connectivity index (χ2v) is 7.73. The van der Waals surface area contributed by atoms with Crippen LogP contribution in [0.2, 0.25) is 0 Å². The third kappa shape index (κ3) is 3.80. The lowest BCUT2D eigenvalue weighted by atomic mass is 10.1. The number of rotatable bonds is 5. The van der Waals surface area contributed by atoms with E-state index < -0.39 is 0 Å². The number of nitrogens with zero attached hydrogens (tertiary/aromatic N) is 4. The zero-order valence-corrected chi connectivity index (χ0v) is 16.5. The van der Waals surface area contributed by atoms with E-state index in [0.717, 1.165) is 48.6 Å². The summed E-state index contributed by atoms with van der Waals surface area (Å²) in [6.07, 6.45) is 2.14. The molecule has 0 spiro atoms. The first kappa shape index (κ1) is 18.7. The van der Waals surface area contributed by atoms with Gasteiger partial charge in [0.25, 0.3) is 5.91 Å². The molecule has 1 aliphatic heterocycles. The maximum Gasteiger partial charge on any atom is 0.254 e. The number of carbonyl (C=O) groups is 1. The quantitative estimate of drug-likeness (QED) is 0.605. The van der Waals surface area contributed by atoms with E-state index in [1.54, 1.807) is 12.1 Å². The minimum atomic E-state index is -0.280. The van der Waals surface area contributed by atoms with Crippen LogP contribution in [0.3, 0.4) is 0 Å². The van der Waals surface area contributed by atoms with Gasteiger partial charge in [-0.3, -0.25) is 9.36 Å². The van der Waals surface area contributed by atoms with Crippen molar-refractivity contribution in [2.75, 3.05) is 13.1 Å². The highest BCUT2D eigenvalue weighted by Crippen LogP contribution is 2.27. The molecule has 1 amide bonds. The average molecular weight is 396 g/mol. The minimum Gasteiger partial charge on any atom is -0.339 e. The molecule has 2 heterocycles. The summed E-state index contributed by atoms with van der Waals surface area (Å²) >= 11 is 1.52. The Morgan fingerprint density at radius 3 is 2.54 bits per heavy atom. The Kier molecular flexibility index (Phi) is 5.43. The van der Waals surface area contributed by atoms with Gasteiger partial charge in [-0.15, -0.1) is 10.2 Å². The summed E-state index contributed by atoms with van der Waals surface area (Å²) < 4.78 is 15.2. The number of likely N-dealkylation sites (tertiary alicyclic amines) is 1. The van der Waals surface area contributed by atoms with E-state index in [-0.39, 0.29) is 11.7 Å². The highest BCUT2D eigenvalue weighted by atomic mass is 32.2. The van der Waals surface area contributed by atoms with Crippen LogP contribution in [-0.4, -0.2) is 38.7 Å². The molecule has 0 saturated carbocycles. The molecule has 1 aliphatic rings. The smallest absolute Gasteiger partial charge is 0.254 e. The van der Waals surface area contributed by atoms with Crippen LogP contribution in [0.1, 0.15) is 34.6 Å². The Labute approximate surface area is 167 Å². The molecule has 4 rings (SSSR count). The van der Waals surface area contributed by atoms with Gasteiger partial charge in [0.15, 0.2) is 5.16 Å². The second kappa shape index (κ2) is 8.14. The van der Waals surface area contributed by atoms with Gasteiger partial charge in [0.2, 0.25) is 0 Å². The zero-order valence-electron chi connectivity index (χ0n) is 15.6. The van der Waals surface area contributed by atoms with E-state index >= 15 is 0 Å². The molecule has 0 radical (unpaired) electrons. The molecule has 0 unspecified atom stereocenters. The maximum atomic E-state index is 13.3. The Bertz CT molecular complexity index is 980. The summed E-state index contributed by atoms with van der Waals surface area (Å²) in [6.45, 7) is 3.53. The summed E-state index contributed by atoms with van der Waals surface area (Å²) in [5.41, 5.74) is 2.55. The van der Waals surface area contributed by atoms with E-state index in [9.17, 15) is 9.18 Å². The molecule has 1 aromatic heterocycles. The molecule has 7 heteroatoms. The Hall–Kier alpha value is -2.67. The number of aryl methyl sites for hydroxylation is 1. The molecule has 0 atom stereocenters. The minimum absolute atomic E-state index is 0.102. The Morgan fingerprint density at radius 2 is 1.79 bits per heavy atom. The number of halogens is 1. The molecule has 0 N–H and O–H groups in total. The number of hydrogen-bond acceptors (Lipinski definition) is 4. The van der Waals surface area contributed by atoms with Crippen molar-refractivity contribution in [1.29, 1.82) is 0 Å². The summed E-state index contributed by atoms with van der Waals surface area (Å²) in [6, 6.07) is 14.0. The van der Waals surface area contributed by atoms with Crippen molar-refractivity contribution >= 4 is 17.7 Å². The van der Waals surface area contributed by atoms with E-state index in [2.05, 4.69) is 10.2 Å². The van der Waals surface area contributed by atoms with Gasteiger partial charge in [0.05, 0.1) is 0 Å². The first-order chi connectivity index (χ1) is 13.6. The second-order valence-electron chi connectivity index (χ2n) is 6.79. The molecule has 0 aliphatic carbocycles. The molecule has 144 valence electrons. The lowest BCUT2D eigenvalue weighted by Crippen LogP contribution is -2.28. The van der Waals surface area contributed by atoms with Gasteiger partial charge in [-0.1, -0.05) is 30.0 Å². The summed E-state index contributed by atoms with van der Waals surface area (Å²) in [5, 5.41) is 9.16. The Balaban J connectivity index is 1.56. The van der Waals surface area contributed by atoms with Crippen molar-refractivity contribution in [3.63, 3.8) is 0 Å². The van der Waals surface area contributed by atoms with E-state index in [0.29, 0.717) is 10.9 Å². The summed E-state index contributed by atoms with van der Waals surface area (Å²) in [4.78, 5) is 14.8. The lowest BCUT2D eigenvalue weighted by molar-refractivity contribution is 0.0792. The van der Waals surface area contributed by atoms with Crippen LogP contribution in [0.4, 0.5) is 4.39 Å². The SMILES string of the molecule is Cc1nnc(SCc2ccccc2C(=O)N2CCCC2)n1-c1ccc(F)cc1. The van der Waals surface area contributed by atoms with Crippen LogP contribution >= 0.6 is 11.8 Å². The zero-order chi connectivity index (χ0) is 19.5. The maximum absolute atomic E-state index is 13.3. The monoisotopic (exact) mass is 396 g/mol. The van der Waals surface area contributed by atoms with Crippen LogP contribution < -0.4 is 0 Å². The van der Waals surface area contributed by atoms with Crippen molar-refractivity contribution < 1.29 is 9.18 Å². The highest BCUT2D eigenvalue weighted by Gasteiger charge is 2.22. The van der Waals surface area contributed by atoms with E-state index in [1.807, 2.05) is 40.7 Å². The third-order valence-electron chi connectivity index (χ3n) is 4.88. The van der Waals surface area contributed by atoms with Gasteiger partial charge in [0, 0.05) is 30.1 Å². The normalized spacial score (nSPS) is 13.9. The number of hydrogen-bond donors (Lipinski definition) is 0. The molecule has 5 nitrogen and oxygen atoms in total. The average Bonchev–Trinajstić information content (AvgIpc) is 3.37. The highest BCUT2D eigenvalue weighted by molar-refractivity contribution is 7.98. The van der Waals surface area contributed by atoms with Gasteiger partial charge in [-0.05, 0) is 55.7 Å². The van der Waals surface area contributed by atoms with Gasteiger partial charge >= 0.3 is 0 Å². The van der Waals surface area contributed by atoms with Gasteiger partial charge < -0.3 is 4.90 Å². The molecule has 1 fully saturated rings. The number of aromatic nitrogens is 3. The summed E-state index contributed by atoms with van der Waals surface area (Å²) in [5.74, 6) is 1.16. The molecule has 2 aromatic carbocycles. The molecular weight excluding hydrogens is 375 g/mol. The van der Waals surface area contributed by atoms with Crippen molar-refractivity contribution in [3.8, 4) is 5.69 Å². The fraction of sp³-hybridized carbons (Fsp3) is 0.286. The largest absolute Gasteiger partial charge is 0.339 e. The van der Waals surface area contributed by atoms with Crippen LogP contribution in [-0.2, 0) is 5.75 Å². The van der Waals surface area contributed by atoms with Crippen molar-refractivity contribution in [1.82, 2.24) is 19.7 Å². The van der Waals surface area contributed by atoms with Crippen molar-refractivity contribution in [2.45, 2.75) is 30.7 Å². The van der Waals surface area contributed by atoms with E-state index in [1.165, 1.54) is 23.9 Å². The Morgan fingerprint density at radius 1 is 1.07 bits per heavy atom. The third-order valence-corrected chi connectivity index (χ3v) is 5.86. The van der Waals surface area contributed by atoms with Crippen molar-refractivity contribution in [3.05, 3.63) is 71.3 Å². The number of carbonyl (C=O) groups excluding carboxylic acids is 1. The fourth-order valence-corrected chi connectivity index (χ4v) is 4.41. The molecular formula is C21H21FN4OS. The molecule has 0 bridgehead atoms. The van der Waals surface area contributed by atoms with Crippen LogP contribution in [0.25, 0.3) is 5.69 Å². The number of amides is 1. The predicted molar refractivity (Wildman–Crippen MR) is 107 cm³/mol. The van der Waals surface area contributed by atoms with Gasteiger partial charge in [-0.25, -0.2) is 4.39 Å². The van der Waals surface area contributed by atoms with Crippen molar-refractivity contribution in [2.24, 2.45) is 0 Å². The van der Waals surface area contributed by atoms with Crippen LogP contribution in [0.5, 0.6) is 0 Å². The number of benzene rings is 2. The predicted octanol–water partition coefficient (Wildman–Crippen LogP) is 4.24. The fourth-order valence-electron chi connectivity index (χ4n) is 3.41. The topological polar surface area (TPSA) is 51.0 Å². The van der Waals surface area contributed by atoms with Gasteiger partial charge in [-0.2, -0.15) is 0 Å². The first-order valence-electron chi connectivity index (χ1n) is 9.31. The van der Waals surface area contributed by atoms with Crippen LogP contribution in [0, 0.1) is 12.7 Å². The first-order valence-corrected chi connectivity index (χ1v) is 10.3. The standard InChI is InChI=1S/C21H21FN4OS/c1-15-23-24-21(26(15)18-10-8-17(22)9-11-18)28-14-16-6-2-3-7-19(16)20(27)25-12-4-5-13-25/h2-3,6-11H,4-5,12-14H2,1H3. The van der Waals surface area contributed by atoms with E-state index in [4.69, 9.17) is 0 Å². The summed E-state index contributed by atoms with van der Waals surface area (Å²) in [7, 11) is 0. The molecule has 3 aromatic rings.